The Labute approximate surface area is 178 Å². The first-order valence-corrected chi connectivity index (χ1v) is 11.1. The molecule has 2 aliphatic heterocycles. The van der Waals surface area contributed by atoms with Crippen LogP contribution in [0.2, 0.25) is 0 Å². The topological polar surface area (TPSA) is 41.6 Å². The number of likely N-dealkylation sites (tertiary alicyclic amines) is 1. The van der Waals surface area contributed by atoms with E-state index < -0.39 is 0 Å². The molecule has 0 atom stereocenters. The first-order valence-electron chi connectivity index (χ1n) is 11.1. The molecular weight excluding hydrogens is 379 g/mol. The summed E-state index contributed by atoms with van der Waals surface area (Å²) in [6, 6.07) is 11.1. The Morgan fingerprint density at radius 1 is 1.13 bits per heavy atom. The molecule has 0 aliphatic carbocycles. The predicted octanol–water partition coefficient (Wildman–Crippen LogP) is 4.56. The molecule has 1 amide bonds. The molecule has 0 radical (unpaired) electrons. The highest BCUT2D eigenvalue weighted by molar-refractivity contribution is 5.79. The highest BCUT2D eigenvalue weighted by atomic mass is 19.1. The second kappa shape index (κ2) is 8.76. The fourth-order valence-electron chi connectivity index (χ4n) is 4.87. The van der Waals surface area contributed by atoms with Crippen LogP contribution in [0.1, 0.15) is 44.2 Å². The summed E-state index contributed by atoms with van der Waals surface area (Å²) in [5.41, 5.74) is 4.70. The van der Waals surface area contributed by atoms with E-state index in [2.05, 4.69) is 29.3 Å². The van der Waals surface area contributed by atoms with E-state index in [0.29, 0.717) is 13.0 Å². The number of nitrogens with one attached hydrogen (secondary N) is 1. The van der Waals surface area contributed by atoms with Crippen LogP contribution in [0.4, 0.5) is 4.39 Å². The van der Waals surface area contributed by atoms with E-state index in [1.165, 1.54) is 23.3 Å². The van der Waals surface area contributed by atoms with Crippen molar-refractivity contribution < 1.29 is 13.9 Å². The molecule has 2 fully saturated rings. The van der Waals surface area contributed by atoms with Gasteiger partial charge in [0.15, 0.2) is 0 Å². The monoisotopic (exact) mass is 410 g/mol. The average molecular weight is 411 g/mol. The van der Waals surface area contributed by atoms with E-state index in [-0.39, 0.29) is 17.1 Å². The van der Waals surface area contributed by atoms with Gasteiger partial charge in [0.1, 0.15) is 11.6 Å². The Bertz CT molecular complexity index is 902. The molecule has 0 aromatic heterocycles. The Morgan fingerprint density at radius 3 is 2.47 bits per heavy atom. The fraction of sp³-hybridized carbons (Fsp3) is 0.480. The van der Waals surface area contributed by atoms with Crippen LogP contribution in [0.5, 0.6) is 5.75 Å². The van der Waals surface area contributed by atoms with Crippen molar-refractivity contribution in [2.24, 2.45) is 5.41 Å². The van der Waals surface area contributed by atoms with Crippen molar-refractivity contribution in [2.75, 3.05) is 26.2 Å². The Balaban J connectivity index is 1.55. The van der Waals surface area contributed by atoms with Gasteiger partial charge in [0.05, 0.1) is 6.61 Å². The third-order valence-electron chi connectivity index (χ3n) is 6.58. The maximum absolute atomic E-state index is 13.4. The summed E-state index contributed by atoms with van der Waals surface area (Å²) >= 11 is 0. The summed E-state index contributed by atoms with van der Waals surface area (Å²) in [6.45, 7) is 8.48. The molecule has 0 saturated carbocycles. The van der Waals surface area contributed by atoms with Gasteiger partial charge in [0.25, 0.3) is 0 Å². The minimum absolute atomic E-state index is 0.172. The van der Waals surface area contributed by atoms with Crippen LogP contribution in [0.15, 0.2) is 36.4 Å². The molecule has 4 rings (SSSR count). The number of amides is 1. The Morgan fingerprint density at radius 2 is 1.87 bits per heavy atom. The van der Waals surface area contributed by atoms with Gasteiger partial charge in [-0.25, -0.2) is 4.39 Å². The average Bonchev–Trinajstić information content (AvgIpc) is 3.11. The van der Waals surface area contributed by atoms with Gasteiger partial charge in [0, 0.05) is 25.1 Å². The van der Waals surface area contributed by atoms with Crippen molar-refractivity contribution in [3.05, 3.63) is 53.3 Å². The zero-order chi connectivity index (χ0) is 21.1. The second-order valence-electron chi connectivity index (χ2n) is 8.65. The van der Waals surface area contributed by atoms with Crippen LogP contribution >= 0.6 is 0 Å². The highest BCUT2D eigenvalue weighted by Crippen LogP contribution is 2.39. The minimum Gasteiger partial charge on any atom is -0.493 e. The number of carbonyl (C=O) groups is 1. The maximum Gasteiger partial charge on any atom is 0.220 e. The van der Waals surface area contributed by atoms with Gasteiger partial charge in [-0.1, -0.05) is 25.1 Å². The lowest BCUT2D eigenvalue weighted by molar-refractivity contribution is -0.119. The fourth-order valence-corrected chi connectivity index (χ4v) is 4.87. The Kier molecular flexibility index (Phi) is 6.09. The normalized spacial score (nSPS) is 18.6. The highest BCUT2D eigenvalue weighted by Gasteiger charge is 2.40. The molecule has 30 heavy (non-hydrogen) atoms. The first kappa shape index (κ1) is 20.9. The molecule has 5 heteroatoms. The van der Waals surface area contributed by atoms with Gasteiger partial charge >= 0.3 is 0 Å². The number of carbonyl (C=O) groups excluding carboxylic acids is 1. The molecule has 0 unspecified atom stereocenters. The SMILES string of the molecule is CCOc1cc(CN2CCC3(CC2)CNC(=O)C3)cc(CC)c1-c1ccc(F)cc1. The van der Waals surface area contributed by atoms with E-state index in [1.807, 2.05) is 19.1 Å². The summed E-state index contributed by atoms with van der Waals surface area (Å²) in [5, 5.41) is 3.01. The molecular formula is C25H31FN2O2. The van der Waals surface area contributed by atoms with E-state index in [4.69, 9.17) is 4.74 Å². The van der Waals surface area contributed by atoms with Crippen LogP contribution in [0.25, 0.3) is 11.1 Å². The van der Waals surface area contributed by atoms with Crippen molar-refractivity contribution in [1.82, 2.24) is 10.2 Å². The van der Waals surface area contributed by atoms with Crippen LogP contribution < -0.4 is 10.1 Å². The number of piperidine rings is 1. The van der Waals surface area contributed by atoms with Crippen molar-refractivity contribution in [3.63, 3.8) is 0 Å². The lowest BCUT2D eigenvalue weighted by atomic mass is 9.77. The van der Waals surface area contributed by atoms with Gasteiger partial charge < -0.3 is 10.1 Å². The summed E-state index contributed by atoms with van der Waals surface area (Å²) in [6.07, 6.45) is 3.70. The molecule has 1 N–H and O–H groups in total. The molecule has 0 bridgehead atoms. The molecule has 2 aliphatic rings. The number of hydrogen-bond donors (Lipinski definition) is 1. The number of ether oxygens (including phenoxy) is 1. The number of rotatable bonds is 6. The summed E-state index contributed by atoms with van der Waals surface area (Å²) in [4.78, 5) is 14.1. The molecule has 1 spiro atoms. The molecule has 2 aromatic rings. The van der Waals surface area contributed by atoms with Gasteiger partial charge in [-0.3, -0.25) is 9.69 Å². The summed E-state index contributed by atoms with van der Waals surface area (Å²) < 4.78 is 19.5. The predicted molar refractivity (Wildman–Crippen MR) is 117 cm³/mol. The number of halogens is 1. The van der Waals surface area contributed by atoms with Crippen LogP contribution in [-0.2, 0) is 17.8 Å². The van der Waals surface area contributed by atoms with E-state index in [1.54, 1.807) is 0 Å². The standard InChI is InChI=1S/C25H31FN2O2/c1-3-19-13-18(16-28-11-9-25(10-12-28)15-23(29)27-17-25)14-22(30-4-2)24(19)20-5-7-21(26)8-6-20/h5-8,13-14H,3-4,9-12,15-17H2,1-2H3,(H,27,29). The maximum atomic E-state index is 13.4. The molecule has 160 valence electrons. The van der Waals surface area contributed by atoms with Gasteiger partial charge in [-0.15, -0.1) is 0 Å². The molecule has 4 nitrogen and oxygen atoms in total. The van der Waals surface area contributed by atoms with Crippen LogP contribution in [0, 0.1) is 11.2 Å². The third-order valence-corrected chi connectivity index (χ3v) is 6.58. The number of hydrogen-bond acceptors (Lipinski definition) is 3. The van der Waals surface area contributed by atoms with E-state index in [0.717, 1.165) is 62.3 Å². The van der Waals surface area contributed by atoms with E-state index in [9.17, 15) is 9.18 Å². The van der Waals surface area contributed by atoms with E-state index >= 15 is 0 Å². The van der Waals surface area contributed by atoms with Crippen LogP contribution in [-0.4, -0.2) is 37.0 Å². The quantitative estimate of drug-likeness (QED) is 0.759. The lowest BCUT2D eigenvalue weighted by Crippen LogP contribution is -2.40. The number of aryl methyl sites for hydroxylation is 1. The van der Waals surface area contributed by atoms with Gasteiger partial charge in [-0.05, 0) is 79.6 Å². The summed E-state index contributed by atoms with van der Waals surface area (Å²) in [5.74, 6) is 0.847. The molecule has 2 aromatic carbocycles. The molecule has 2 saturated heterocycles. The van der Waals surface area contributed by atoms with Gasteiger partial charge in [-0.2, -0.15) is 0 Å². The Hall–Kier alpha value is -2.40. The van der Waals surface area contributed by atoms with Crippen LogP contribution in [0.3, 0.4) is 0 Å². The minimum atomic E-state index is -0.228. The zero-order valence-corrected chi connectivity index (χ0v) is 18.0. The lowest BCUT2D eigenvalue weighted by Gasteiger charge is -2.38. The zero-order valence-electron chi connectivity index (χ0n) is 18.0. The van der Waals surface area contributed by atoms with Gasteiger partial charge in [0.2, 0.25) is 5.91 Å². The van der Waals surface area contributed by atoms with Crippen molar-refractivity contribution in [2.45, 2.75) is 46.1 Å². The molecule has 2 heterocycles. The smallest absolute Gasteiger partial charge is 0.220 e. The van der Waals surface area contributed by atoms with Crippen molar-refractivity contribution >= 4 is 5.91 Å². The third kappa shape index (κ3) is 4.36. The van der Waals surface area contributed by atoms with Crippen molar-refractivity contribution in [3.8, 4) is 16.9 Å². The summed E-state index contributed by atoms with van der Waals surface area (Å²) in [7, 11) is 0. The number of nitrogens with zero attached hydrogens (tertiary/aromatic N) is 1. The second-order valence-corrected chi connectivity index (χ2v) is 8.65. The van der Waals surface area contributed by atoms with Crippen molar-refractivity contribution in [1.29, 1.82) is 0 Å². The number of benzene rings is 2. The largest absolute Gasteiger partial charge is 0.493 e. The first-order chi connectivity index (χ1) is 14.5.